The molecule has 4 aliphatic rings. The summed E-state index contributed by atoms with van der Waals surface area (Å²) >= 11 is 0. The fourth-order valence-corrected chi connectivity index (χ4v) is 6.06. The number of nitrogens with zero attached hydrogens (tertiary/aromatic N) is 1. The van der Waals surface area contributed by atoms with Crippen molar-refractivity contribution in [2.24, 2.45) is 22.7 Å². The lowest BCUT2D eigenvalue weighted by Gasteiger charge is -2.54. The van der Waals surface area contributed by atoms with Gasteiger partial charge in [-0.3, -0.25) is 4.79 Å². The Balaban J connectivity index is 1.77. The fraction of sp³-hybridized carbons (Fsp3) is 0.700. The van der Waals surface area contributed by atoms with Crippen molar-refractivity contribution in [1.82, 2.24) is 0 Å². The fourth-order valence-electron chi connectivity index (χ4n) is 6.06. The number of carbonyl (C=O) groups is 1. The molecule has 0 heterocycles. The molecular weight excluding hydrogens is 286 g/mol. The summed E-state index contributed by atoms with van der Waals surface area (Å²) < 4.78 is 0. The molecule has 0 aromatic rings. The van der Waals surface area contributed by atoms with E-state index >= 15 is 0 Å². The number of rotatable bonds is 0. The Hall–Kier alpha value is -1.40. The molecule has 2 unspecified atom stereocenters. The van der Waals surface area contributed by atoms with Crippen molar-refractivity contribution < 1.29 is 9.90 Å². The van der Waals surface area contributed by atoms with Crippen LogP contribution in [0.15, 0.2) is 23.3 Å². The van der Waals surface area contributed by atoms with Gasteiger partial charge in [0.2, 0.25) is 0 Å². The van der Waals surface area contributed by atoms with E-state index in [1.165, 1.54) is 11.1 Å². The van der Waals surface area contributed by atoms with Crippen LogP contribution in [0.1, 0.15) is 58.8 Å². The highest BCUT2D eigenvalue weighted by Gasteiger charge is 2.62. The number of ketones is 1. The normalized spacial score (nSPS) is 48.5. The number of carbonyl (C=O) groups excluding carboxylic acids is 1. The summed E-state index contributed by atoms with van der Waals surface area (Å²) in [6, 6.07) is 2.22. The Morgan fingerprint density at radius 2 is 1.96 bits per heavy atom. The molecule has 0 bridgehead atoms. The summed E-state index contributed by atoms with van der Waals surface area (Å²) in [7, 11) is 0. The maximum atomic E-state index is 11.8. The third-order valence-electron chi connectivity index (χ3n) is 7.74. The highest BCUT2D eigenvalue weighted by atomic mass is 16.3. The van der Waals surface area contributed by atoms with E-state index in [1.54, 1.807) is 0 Å². The van der Waals surface area contributed by atoms with E-state index in [2.05, 4.69) is 26.0 Å². The van der Waals surface area contributed by atoms with Crippen molar-refractivity contribution in [2.45, 2.75) is 64.4 Å². The summed E-state index contributed by atoms with van der Waals surface area (Å²) in [5, 5.41) is 20.4. The average molecular weight is 311 g/mol. The average Bonchev–Trinajstić information content (AvgIpc) is 2.80. The zero-order valence-electron chi connectivity index (χ0n) is 14.1. The highest BCUT2D eigenvalue weighted by molar-refractivity contribution is 5.91. The van der Waals surface area contributed by atoms with E-state index in [4.69, 9.17) is 0 Å². The molecule has 3 heteroatoms. The topological polar surface area (TPSA) is 61.1 Å². The lowest BCUT2D eigenvalue weighted by atomic mass is 9.50. The number of allylic oxidation sites excluding steroid dienone is 4. The van der Waals surface area contributed by atoms with E-state index in [9.17, 15) is 15.2 Å². The van der Waals surface area contributed by atoms with Crippen molar-refractivity contribution in [3.63, 3.8) is 0 Å². The molecule has 0 saturated heterocycles. The lowest BCUT2D eigenvalue weighted by molar-refractivity contribution is -0.116. The molecule has 3 nitrogen and oxygen atoms in total. The maximum absolute atomic E-state index is 11.8. The van der Waals surface area contributed by atoms with E-state index < -0.39 is 5.60 Å². The monoisotopic (exact) mass is 311 g/mol. The Labute approximate surface area is 138 Å². The first-order valence-corrected chi connectivity index (χ1v) is 8.91. The van der Waals surface area contributed by atoms with Gasteiger partial charge < -0.3 is 5.11 Å². The van der Waals surface area contributed by atoms with Crippen LogP contribution in [0.2, 0.25) is 0 Å². The Morgan fingerprint density at radius 1 is 1.22 bits per heavy atom. The summed E-state index contributed by atoms with van der Waals surface area (Å²) in [6.07, 6.45) is 10.1. The van der Waals surface area contributed by atoms with Gasteiger partial charge in [-0.25, -0.2) is 0 Å². The Kier molecular flexibility index (Phi) is 3.01. The molecule has 0 spiro atoms. The summed E-state index contributed by atoms with van der Waals surface area (Å²) in [4.78, 5) is 11.8. The third kappa shape index (κ3) is 1.76. The second kappa shape index (κ2) is 4.57. The first-order chi connectivity index (χ1) is 10.8. The quantitative estimate of drug-likeness (QED) is 0.548. The standard InChI is InChI=1S/C20H25NO2/c1-18-8-5-14(22)11-13(18)3-4-15-16(18)6-9-19(2)17(15)7-10-20(19,23)12-21/h4,11,16-17,23H,3,5-10H2,1-2H3/t16?,17?,18-,19-,20-/m0/s1. The van der Waals surface area contributed by atoms with Crippen LogP contribution in [0.25, 0.3) is 0 Å². The molecule has 4 aliphatic carbocycles. The molecule has 5 atom stereocenters. The highest BCUT2D eigenvalue weighted by Crippen LogP contribution is 2.65. The van der Waals surface area contributed by atoms with Gasteiger partial charge in [0.05, 0.1) is 6.07 Å². The molecule has 122 valence electrons. The summed E-state index contributed by atoms with van der Waals surface area (Å²) in [6.45, 7) is 4.44. The second-order valence-corrected chi connectivity index (χ2v) is 8.53. The van der Waals surface area contributed by atoms with Crippen LogP contribution < -0.4 is 0 Å². The zero-order valence-corrected chi connectivity index (χ0v) is 14.1. The number of nitriles is 1. The first-order valence-electron chi connectivity index (χ1n) is 8.91. The van der Waals surface area contributed by atoms with Gasteiger partial charge in [-0.2, -0.15) is 5.26 Å². The molecule has 0 aromatic heterocycles. The van der Waals surface area contributed by atoms with Crippen molar-refractivity contribution in [2.75, 3.05) is 0 Å². The maximum Gasteiger partial charge on any atom is 0.156 e. The van der Waals surface area contributed by atoms with Gasteiger partial charge in [-0.1, -0.05) is 31.1 Å². The van der Waals surface area contributed by atoms with E-state index in [0.717, 1.165) is 32.1 Å². The minimum atomic E-state index is -1.18. The first kappa shape index (κ1) is 15.1. The number of fused-ring (bicyclic) bond motifs is 5. The predicted octanol–water partition coefficient (Wildman–Crippen LogP) is 3.69. The summed E-state index contributed by atoms with van der Waals surface area (Å²) in [5.41, 5.74) is 1.39. The molecule has 0 radical (unpaired) electrons. The predicted molar refractivity (Wildman–Crippen MR) is 87.2 cm³/mol. The van der Waals surface area contributed by atoms with Crippen molar-refractivity contribution in [3.05, 3.63) is 23.3 Å². The van der Waals surface area contributed by atoms with E-state index in [1.807, 2.05) is 6.08 Å². The molecule has 2 fully saturated rings. The van der Waals surface area contributed by atoms with Crippen LogP contribution in [-0.4, -0.2) is 16.5 Å². The van der Waals surface area contributed by atoms with Crippen molar-refractivity contribution in [1.29, 1.82) is 5.26 Å². The largest absolute Gasteiger partial charge is 0.375 e. The van der Waals surface area contributed by atoms with E-state index in [0.29, 0.717) is 24.7 Å². The Morgan fingerprint density at radius 3 is 2.70 bits per heavy atom. The van der Waals surface area contributed by atoms with Crippen LogP contribution >= 0.6 is 0 Å². The van der Waals surface area contributed by atoms with Crippen LogP contribution in [0, 0.1) is 34.0 Å². The second-order valence-electron chi connectivity index (χ2n) is 8.53. The van der Waals surface area contributed by atoms with Crippen molar-refractivity contribution >= 4 is 5.78 Å². The number of hydrogen-bond acceptors (Lipinski definition) is 3. The number of hydrogen-bond donors (Lipinski definition) is 1. The molecule has 2 saturated carbocycles. The lowest BCUT2D eigenvalue weighted by Crippen LogP contribution is -2.50. The molecule has 0 aromatic carbocycles. The molecular formula is C20H25NO2. The minimum Gasteiger partial charge on any atom is -0.375 e. The van der Waals surface area contributed by atoms with Crippen LogP contribution in [-0.2, 0) is 4.79 Å². The molecule has 4 rings (SSSR count). The molecule has 0 amide bonds. The smallest absolute Gasteiger partial charge is 0.156 e. The van der Waals surface area contributed by atoms with E-state index in [-0.39, 0.29) is 16.6 Å². The van der Waals surface area contributed by atoms with Gasteiger partial charge >= 0.3 is 0 Å². The van der Waals surface area contributed by atoms with Gasteiger partial charge in [-0.15, -0.1) is 0 Å². The van der Waals surface area contributed by atoms with Gasteiger partial charge in [-0.05, 0) is 61.9 Å². The van der Waals surface area contributed by atoms with Gasteiger partial charge in [0.25, 0.3) is 0 Å². The summed E-state index contributed by atoms with van der Waals surface area (Å²) in [5.74, 6) is 1.08. The van der Waals surface area contributed by atoms with Gasteiger partial charge in [0.1, 0.15) is 0 Å². The zero-order chi connectivity index (χ0) is 16.5. The number of aliphatic hydroxyl groups is 1. The SMILES string of the molecule is C[C@]12CCC(=O)C=C1CC=C1C2CC[C@@]2(C)C1CC[C@]2(O)C#N. The van der Waals surface area contributed by atoms with Crippen LogP contribution in [0.4, 0.5) is 0 Å². The van der Waals surface area contributed by atoms with Crippen molar-refractivity contribution in [3.8, 4) is 6.07 Å². The van der Waals surface area contributed by atoms with Gasteiger partial charge in [0, 0.05) is 11.8 Å². The Bertz CT molecular complexity index is 684. The molecule has 0 aliphatic heterocycles. The minimum absolute atomic E-state index is 0.104. The molecule has 1 N–H and O–H groups in total. The van der Waals surface area contributed by atoms with Crippen LogP contribution in [0.3, 0.4) is 0 Å². The van der Waals surface area contributed by atoms with Crippen LogP contribution in [0.5, 0.6) is 0 Å². The third-order valence-corrected chi connectivity index (χ3v) is 7.74. The molecule has 23 heavy (non-hydrogen) atoms. The van der Waals surface area contributed by atoms with Gasteiger partial charge in [0.15, 0.2) is 11.4 Å².